The summed E-state index contributed by atoms with van der Waals surface area (Å²) in [5.74, 6) is 0.336. The van der Waals surface area contributed by atoms with Crippen LogP contribution in [-0.2, 0) is 0 Å². The lowest BCUT2D eigenvalue weighted by molar-refractivity contribution is 0.477. The quantitative estimate of drug-likeness (QED) is 0.611. The number of benzene rings is 3. The van der Waals surface area contributed by atoms with E-state index in [9.17, 15) is 5.11 Å². The van der Waals surface area contributed by atoms with Gasteiger partial charge in [0.25, 0.3) is 0 Å². The molecule has 0 aliphatic rings. The van der Waals surface area contributed by atoms with Crippen LogP contribution in [0, 0.1) is 6.92 Å². The van der Waals surface area contributed by atoms with Crippen LogP contribution in [0.4, 0.5) is 0 Å². The van der Waals surface area contributed by atoms with Crippen LogP contribution in [0.1, 0.15) is 26.3 Å². The fourth-order valence-corrected chi connectivity index (χ4v) is 6.07. The van der Waals surface area contributed by atoms with Gasteiger partial charge in [-0.3, -0.25) is 0 Å². The van der Waals surface area contributed by atoms with Gasteiger partial charge in [0.05, 0.1) is 0 Å². The lowest BCUT2D eigenvalue weighted by Gasteiger charge is -2.34. The van der Waals surface area contributed by atoms with E-state index in [1.54, 1.807) is 6.07 Å². The molecule has 0 aliphatic carbocycles. The third-order valence-corrected chi connectivity index (χ3v) is 7.33. The smallest absolute Gasteiger partial charge is 0.123 e. The van der Waals surface area contributed by atoms with Crippen molar-refractivity contribution in [2.75, 3.05) is 0 Å². The first-order valence-electron chi connectivity index (χ1n) is 8.62. The zero-order chi connectivity index (χ0) is 18.0. The molecule has 3 aromatic rings. The highest BCUT2D eigenvalue weighted by Gasteiger charge is 2.29. The molecule has 0 aromatic heterocycles. The summed E-state index contributed by atoms with van der Waals surface area (Å²) >= 11 is 0. The van der Waals surface area contributed by atoms with Crippen LogP contribution in [-0.4, -0.2) is 10.3 Å². The first-order chi connectivity index (χ1) is 11.9. The molecule has 1 nitrogen and oxygen atoms in total. The highest BCUT2D eigenvalue weighted by atomic mass is 31.1. The summed E-state index contributed by atoms with van der Waals surface area (Å²) in [7, 11) is -0.572. The van der Waals surface area contributed by atoms with Crippen molar-refractivity contribution in [3.63, 3.8) is 0 Å². The molecule has 1 atom stereocenters. The van der Waals surface area contributed by atoms with Crippen LogP contribution in [0.2, 0.25) is 0 Å². The van der Waals surface area contributed by atoms with Crippen LogP contribution in [0.3, 0.4) is 0 Å². The van der Waals surface area contributed by atoms with Gasteiger partial charge in [-0.2, -0.15) is 0 Å². The number of para-hydroxylation sites is 1. The Kier molecular flexibility index (Phi) is 4.97. The number of aryl methyl sites for hydroxylation is 1. The average molecular weight is 348 g/mol. The van der Waals surface area contributed by atoms with E-state index in [-0.39, 0.29) is 5.16 Å². The van der Waals surface area contributed by atoms with Gasteiger partial charge in [-0.05, 0) is 42.2 Å². The van der Waals surface area contributed by atoms with Gasteiger partial charge in [-0.25, -0.2) is 0 Å². The molecular formula is C23H25OP. The summed E-state index contributed by atoms with van der Waals surface area (Å²) in [6.07, 6.45) is 0. The first kappa shape index (κ1) is 17.7. The summed E-state index contributed by atoms with van der Waals surface area (Å²) in [6.45, 7) is 9.04. The summed E-state index contributed by atoms with van der Waals surface area (Å²) in [5.41, 5.74) is 3.31. The molecule has 0 radical (unpaired) electrons. The zero-order valence-electron chi connectivity index (χ0n) is 15.3. The summed E-state index contributed by atoms with van der Waals surface area (Å²) in [5, 5.41) is 13.2. The van der Waals surface area contributed by atoms with Crippen LogP contribution in [0.15, 0.2) is 72.8 Å². The molecule has 25 heavy (non-hydrogen) atoms. The number of aromatic hydroxyl groups is 1. The van der Waals surface area contributed by atoms with Crippen LogP contribution < -0.4 is 10.6 Å². The van der Waals surface area contributed by atoms with E-state index in [0.29, 0.717) is 5.75 Å². The molecule has 0 spiro atoms. The van der Waals surface area contributed by atoms with E-state index in [1.165, 1.54) is 16.2 Å². The van der Waals surface area contributed by atoms with Crippen molar-refractivity contribution in [2.24, 2.45) is 0 Å². The van der Waals surface area contributed by atoms with Gasteiger partial charge in [0.1, 0.15) is 5.75 Å². The Labute approximate surface area is 152 Å². The maximum atomic E-state index is 10.4. The van der Waals surface area contributed by atoms with Gasteiger partial charge in [0, 0.05) is 5.56 Å². The lowest BCUT2D eigenvalue weighted by Crippen LogP contribution is -2.27. The van der Waals surface area contributed by atoms with Crippen molar-refractivity contribution in [1.29, 1.82) is 0 Å². The van der Waals surface area contributed by atoms with Crippen molar-refractivity contribution in [3.05, 3.63) is 78.4 Å². The van der Waals surface area contributed by atoms with E-state index >= 15 is 0 Å². The molecule has 0 amide bonds. The predicted molar refractivity (Wildman–Crippen MR) is 111 cm³/mol. The minimum atomic E-state index is -0.572. The van der Waals surface area contributed by atoms with E-state index in [4.69, 9.17) is 0 Å². The van der Waals surface area contributed by atoms with Crippen molar-refractivity contribution in [1.82, 2.24) is 0 Å². The van der Waals surface area contributed by atoms with Crippen LogP contribution >= 0.6 is 7.92 Å². The standard InChI is InChI=1S/C23H25OP/c1-17-13-15-18(16-14-17)25(23(2,3)4)22-12-8-6-10-20(22)19-9-5-7-11-21(19)24/h5-16,24H,1-4H3. The Morgan fingerprint density at radius 3 is 1.88 bits per heavy atom. The Bertz CT molecular complexity index is 860. The Hall–Kier alpha value is -2.11. The maximum Gasteiger partial charge on any atom is 0.123 e. The normalized spacial score (nSPS) is 12.8. The third kappa shape index (κ3) is 3.78. The van der Waals surface area contributed by atoms with Crippen molar-refractivity contribution >= 4 is 18.5 Å². The number of rotatable bonds is 3. The third-order valence-electron chi connectivity index (χ3n) is 4.30. The van der Waals surface area contributed by atoms with Gasteiger partial charge in [0.2, 0.25) is 0 Å². The molecule has 0 heterocycles. The fourth-order valence-electron chi connectivity index (χ4n) is 3.18. The summed E-state index contributed by atoms with van der Waals surface area (Å²) < 4.78 is 0. The molecule has 0 saturated heterocycles. The summed E-state index contributed by atoms with van der Waals surface area (Å²) in [4.78, 5) is 0. The van der Waals surface area contributed by atoms with Crippen LogP contribution in [0.5, 0.6) is 5.75 Å². The van der Waals surface area contributed by atoms with Gasteiger partial charge in [-0.1, -0.05) is 93.1 Å². The number of hydrogen-bond acceptors (Lipinski definition) is 1. The Morgan fingerprint density at radius 1 is 0.720 bits per heavy atom. The van der Waals surface area contributed by atoms with Gasteiger partial charge in [0.15, 0.2) is 0 Å². The van der Waals surface area contributed by atoms with Gasteiger partial charge >= 0.3 is 0 Å². The van der Waals surface area contributed by atoms with E-state index in [0.717, 1.165) is 11.1 Å². The SMILES string of the molecule is Cc1ccc(P(c2ccccc2-c2ccccc2O)C(C)(C)C)cc1. The zero-order valence-corrected chi connectivity index (χ0v) is 16.2. The topological polar surface area (TPSA) is 20.2 Å². The van der Waals surface area contributed by atoms with Gasteiger partial charge < -0.3 is 5.11 Å². The Morgan fingerprint density at radius 2 is 1.28 bits per heavy atom. The monoisotopic (exact) mass is 348 g/mol. The minimum Gasteiger partial charge on any atom is -0.507 e. The second kappa shape index (κ2) is 7.02. The van der Waals surface area contributed by atoms with E-state index in [2.05, 4.69) is 76.2 Å². The van der Waals surface area contributed by atoms with Crippen molar-refractivity contribution < 1.29 is 5.11 Å². The molecule has 0 saturated carbocycles. The molecule has 3 aromatic carbocycles. The maximum absolute atomic E-state index is 10.4. The molecule has 0 bridgehead atoms. The molecule has 128 valence electrons. The lowest BCUT2D eigenvalue weighted by atomic mass is 10.0. The predicted octanol–water partition coefficient (Wildman–Crippen LogP) is 5.60. The second-order valence-electron chi connectivity index (χ2n) is 7.38. The molecular weight excluding hydrogens is 323 g/mol. The Balaban J connectivity index is 2.22. The molecule has 0 aliphatic heterocycles. The number of hydrogen-bond donors (Lipinski definition) is 1. The highest BCUT2D eigenvalue weighted by molar-refractivity contribution is 7.74. The fraction of sp³-hybridized carbons (Fsp3) is 0.217. The van der Waals surface area contributed by atoms with Crippen LogP contribution in [0.25, 0.3) is 11.1 Å². The molecule has 2 heteroatoms. The molecule has 1 N–H and O–H groups in total. The first-order valence-corrected chi connectivity index (χ1v) is 9.96. The summed E-state index contributed by atoms with van der Waals surface area (Å²) in [6, 6.07) is 25.0. The molecule has 3 rings (SSSR count). The van der Waals surface area contributed by atoms with Crippen molar-refractivity contribution in [2.45, 2.75) is 32.9 Å². The number of phenolic OH excluding ortho intramolecular Hbond substituents is 1. The van der Waals surface area contributed by atoms with E-state index < -0.39 is 7.92 Å². The number of phenols is 1. The second-order valence-corrected chi connectivity index (χ2v) is 10.4. The highest BCUT2D eigenvalue weighted by Crippen LogP contribution is 2.49. The average Bonchev–Trinajstić information content (AvgIpc) is 2.57. The molecule has 1 unspecified atom stereocenters. The van der Waals surface area contributed by atoms with Crippen molar-refractivity contribution in [3.8, 4) is 16.9 Å². The largest absolute Gasteiger partial charge is 0.507 e. The minimum absolute atomic E-state index is 0.116. The molecule has 0 fully saturated rings. The van der Waals surface area contributed by atoms with E-state index in [1.807, 2.05) is 18.2 Å². The van der Waals surface area contributed by atoms with Gasteiger partial charge in [-0.15, -0.1) is 0 Å².